The Balaban J connectivity index is 1.60. The van der Waals surface area contributed by atoms with Gasteiger partial charge in [-0.15, -0.1) is 0 Å². The van der Waals surface area contributed by atoms with Crippen LogP contribution in [-0.2, 0) is 0 Å². The van der Waals surface area contributed by atoms with Gasteiger partial charge in [0, 0.05) is 9.17 Å². The van der Waals surface area contributed by atoms with Gasteiger partial charge in [-0.3, -0.25) is 4.79 Å². The Bertz CT molecular complexity index is 1500. The van der Waals surface area contributed by atoms with Gasteiger partial charge in [0.15, 0.2) is 4.96 Å². The van der Waals surface area contributed by atoms with Gasteiger partial charge in [0.05, 0.1) is 16.4 Å². The van der Waals surface area contributed by atoms with Gasteiger partial charge in [0.2, 0.25) is 0 Å². The molecule has 5 aromatic rings. The molecule has 1 saturated carbocycles. The predicted octanol–water partition coefficient (Wildman–Crippen LogP) is 6.62. The second kappa shape index (κ2) is 6.25. The average Bonchev–Trinajstić information content (AvgIpc) is 3.34. The molecule has 2 heterocycles. The number of aromatic nitrogens is 2. The lowest BCUT2D eigenvalue weighted by molar-refractivity contribution is 0.916. The first kappa shape index (κ1) is 17.4. The van der Waals surface area contributed by atoms with Crippen molar-refractivity contribution in [2.75, 3.05) is 0 Å². The summed E-state index contributed by atoms with van der Waals surface area (Å²) in [5, 5.41) is 0.741. The van der Waals surface area contributed by atoms with Crippen LogP contribution in [0.25, 0.3) is 37.2 Å². The second-order valence-corrected chi connectivity index (χ2v) is 9.81. The fourth-order valence-corrected chi connectivity index (χ4v) is 5.72. The number of benzene rings is 3. The molecule has 0 bridgehead atoms. The molecule has 0 aliphatic heterocycles. The summed E-state index contributed by atoms with van der Waals surface area (Å²) < 4.78 is 3.67. The summed E-state index contributed by atoms with van der Waals surface area (Å²) in [4.78, 5) is 18.7. The molecule has 5 heteroatoms. The van der Waals surface area contributed by atoms with E-state index >= 15 is 0 Å². The zero-order chi connectivity index (χ0) is 19.7. The van der Waals surface area contributed by atoms with Gasteiger partial charge >= 0.3 is 0 Å². The van der Waals surface area contributed by atoms with E-state index < -0.39 is 0 Å². The van der Waals surface area contributed by atoms with Crippen molar-refractivity contribution in [2.45, 2.75) is 19.3 Å². The molecule has 0 radical (unpaired) electrons. The van der Waals surface area contributed by atoms with E-state index in [1.807, 2.05) is 24.3 Å². The highest BCUT2D eigenvalue weighted by Crippen LogP contribution is 2.50. The molecule has 0 N–H and O–H groups in total. The van der Waals surface area contributed by atoms with Crippen LogP contribution in [-0.4, -0.2) is 9.38 Å². The summed E-state index contributed by atoms with van der Waals surface area (Å²) in [7, 11) is 0. The molecule has 2 aromatic heterocycles. The zero-order valence-electron chi connectivity index (χ0n) is 15.7. The zero-order valence-corrected chi connectivity index (χ0v) is 18.1. The van der Waals surface area contributed by atoms with Crippen LogP contribution >= 0.6 is 27.3 Å². The van der Waals surface area contributed by atoms with Gasteiger partial charge in [-0.25, -0.2) is 9.38 Å². The third kappa shape index (κ3) is 2.68. The van der Waals surface area contributed by atoms with E-state index in [9.17, 15) is 4.79 Å². The molecule has 2 atom stereocenters. The second-order valence-electron chi connectivity index (χ2n) is 7.89. The standard InChI is InChI=1S/C24H17BrN2OS/c1-13-10-19(13)17-5-3-2-4-16(17)14-6-8-18-22(11-14)29-24-26-20-12-15(25)7-9-21(20)27(24)23(18)28/h2-9,11-13,19H,10H2,1H3/t13?,19-/m1/s1. The van der Waals surface area contributed by atoms with Crippen molar-refractivity contribution >= 4 is 53.3 Å². The van der Waals surface area contributed by atoms with Crippen LogP contribution in [0.5, 0.6) is 0 Å². The maximum absolute atomic E-state index is 13.2. The lowest BCUT2D eigenvalue weighted by Crippen LogP contribution is -2.11. The first-order chi connectivity index (χ1) is 14.1. The molecular weight excluding hydrogens is 444 g/mol. The maximum Gasteiger partial charge on any atom is 0.266 e. The average molecular weight is 461 g/mol. The van der Waals surface area contributed by atoms with Gasteiger partial charge in [0.25, 0.3) is 5.56 Å². The molecule has 1 aliphatic rings. The Hall–Kier alpha value is -2.50. The fourth-order valence-electron chi connectivity index (χ4n) is 4.30. The van der Waals surface area contributed by atoms with E-state index in [-0.39, 0.29) is 5.56 Å². The SMILES string of the molecule is CC1C[C@H]1c1ccccc1-c1ccc2c(=O)n3c(nc4cc(Br)ccc43)sc2c1. The molecule has 3 nitrogen and oxygen atoms in total. The van der Waals surface area contributed by atoms with Crippen LogP contribution in [0.2, 0.25) is 0 Å². The molecule has 1 aliphatic carbocycles. The molecule has 29 heavy (non-hydrogen) atoms. The Morgan fingerprint density at radius 1 is 1.10 bits per heavy atom. The van der Waals surface area contributed by atoms with Gasteiger partial charge in [-0.05, 0) is 65.3 Å². The summed E-state index contributed by atoms with van der Waals surface area (Å²) in [5.74, 6) is 1.41. The Kier molecular flexibility index (Phi) is 3.74. The van der Waals surface area contributed by atoms with Crippen molar-refractivity contribution in [3.8, 4) is 11.1 Å². The van der Waals surface area contributed by atoms with Crippen LogP contribution in [0.1, 0.15) is 24.8 Å². The molecule has 3 aromatic carbocycles. The van der Waals surface area contributed by atoms with Crippen molar-refractivity contribution in [1.29, 1.82) is 0 Å². The van der Waals surface area contributed by atoms with Crippen LogP contribution in [0.3, 0.4) is 0 Å². The number of fused-ring (bicyclic) bond motifs is 4. The monoisotopic (exact) mass is 460 g/mol. The van der Waals surface area contributed by atoms with Gasteiger partial charge in [-0.1, -0.05) is 64.5 Å². The highest BCUT2D eigenvalue weighted by molar-refractivity contribution is 9.10. The van der Waals surface area contributed by atoms with E-state index in [2.05, 4.69) is 59.3 Å². The third-order valence-electron chi connectivity index (χ3n) is 5.98. The van der Waals surface area contributed by atoms with Crippen molar-refractivity contribution in [1.82, 2.24) is 9.38 Å². The van der Waals surface area contributed by atoms with E-state index in [4.69, 9.17) is 4.98 Å². The fraction of sp³-hybridized carbons (Fsp3) is 0.167. The number of halogens is 1. The summed E-state index contributed by atoms with van der Waals surface area (Å²) in [6, 6.07) is 20.7. The van der Waals surface area contributed by atoms with E-state index in [1.165, 1.54) is 23.1 Å². The van der Waals surface area contributed by atoms with E-state index in [0.29, 0.717) is 5.92 Å². The van der Waals surface area contributed by atoms with Crippen LogP contribution in [0.15, 0.2) is 69.9 Å². The molecule has 0 amide bonds. The largest absolute Gasteiger partial charge is 0.268 e. The normalized spacial score (nSPS) is 18.7. The maximum atomic E-state index is 13.2. The van der Waals surface area contributed by atoms with Crippen molar-refractivity contribution in [3.05, 3.63) is 81.1 Å². The molecule has 1 unspecified atom stereocenters. The quantitative estimate of drug-likeness (QED) is 0.296. The third-order valence-corrected chi connectivity index (χ3v) is 7.49. The van der Waals surface area contributed by atoms with Crippen molar-refractivity contribution in [3.63, 3.8) is 0 Å². The smallest absolute Gasteiger partial charge is 0.266 e. The summed E-state index contributed by atoms with van der Waals surface area (Å²) >= 11 is 5.06. The van der Waals surface area contributed by atoms with Crippen LogP contribution in [0.4, 0.5) is 0 Å². The molecular formula is C24H17BrN2OS. The van der Waals surface area contributed by atoms with Gasteiger partial charge in [0.1, 0.15) is 0 Å². The number of imidazole rings is 1. The number of nitrogens with zero attached hydrogens (tertiary/aromatic N) is 2. The highest BCUT2D eigenvalue weighted by Gasteiger charge is 2.35. The first-order valence-corrected chi connectivity index (χ1v) is 11.3. The summed E-state index contributed by atoms with van der Waals surface area (Å²) in [6.07, 6.45) is 1.26. The molecule has 142 valence electrons. The summed E-state index contributed by atoms with van der Waals surface area (Å²) in [5.41, 5.74) is 5.55. The first-order valence-electron chi connectivity index (χ1n) is 9.74. The van der Waals surface area contributed by atoms with E-state index in [0.717, 1.165) is 36.5 Å². The number of hydrogen-bond donors (Lipinski definition) is 0. The molecule has 0 saturated heterocycles. The minimum Gasteiger partial charge on any atom is -0.268 e. The topological polar surface area (TPSA) is 34.4 Å². The summed E-state index contributed by atoms with van der Waals surface area (Å²) in [6.45, 7) is 2.31. The van der Waals surface area contributed by atoms with E-state index in [1.54, 1.807) is 15.7 Å². The minimum absolute atomic E-state index is 0.00535. The lowest BCUT2D eigenvalue weighted by atomic mass is 9.96. The lowest BCUT2D eigenvalue weighted by Gasteiger charge is -2.10. The van der Waals surface area contributed by atoms with Gasteiger partial charge in [-0.2, -0.15) is 0 Å². The van der Waals surface area contributed by atoms with Gasteiger partial charge < -0.3 is 0 Å². The minimum atomic E-state index is -0.00535. The molecule has 1 fully saturated rings. The van der Waals surface area contributed by atoms with Crippen LogP contribution in [0, 0.1) is 5.92 Å². The number of hydrogen-bond acceptors (Lipinski definition) is 3. The predicted molar refractivity (Wildman–Crippen MR) is 124 cm³/mol. The molecule has 6 rings (SSSR count). The van der Waals surface area contributed by atoms with Crippen LogP contribution < -0.4 is 5.56 Å². The number of rotatable bonds is 2. The van der Waals surface area contributed by atoms with Crippen molar-refractivity contribution < 1.29 is 0 Å². The van der Waals surface area contributed by atoms with Crippen molar-refractivity contribution in [2.24, 2.45) is 5.92 Å². The highest BCUT2D eigenvalue weighted by atomic mass is 79.9. The Labute approximate surface area is 179 Å². The Morgan fingerprint density at radius 2 is 1.93 bits per heavy atom. The Morgan fingerprint density at radius 3 is 2.76 bits per heavy atom. The molecule has 0 spiro atoms.